The van der Waals surface area contributed by atoms with Gasteiger partial charge in [0, 0.05) is 6.54 Å². The van der Waals surface area contributed by atoms with E-state index >= 15 is 0 Å². The summed E-state index contributed by atoms with van der Waals surface area (Å²) in [5, 5.41) is 11.6. The van der Waals surface area contributed by atoms with Crippen molar-refractivity contribution < 1.29 is 5.11 Å². The molecule has 1 aliphatic rings. The number of hydrogen-bond acceptors (Lipinski definition) is 2. The lowest BCUT2D eigenvalue weighted by Crippen LogP contribution is -2.19. The second-order valence-electron chi connectivity index (χ2n) is 1.60. The van der Waals surface area contributed by atoms with Crippen LogP contribution in [0.5, 0.6) is 0 Å². The van der Waals surface area contributed by atoms with E-state index in [1.165, 1.54) is 0 Å². The number of aliphatic hydroxyl groups is 1. The molecule has 7 heavy (non-hydrogen) atoms. The van der Waals surface area contributed by atoms with Crippen molar-refractivity contribution in [2.45, 2.75) is 12.5 Å². The maximum absolute atomic E-state index is 8.79. The summed E-state index contributed by atoms with van der Waals surface area (Å²) in [5.74, 6) is 0. The van der Waals surface area contributed by atoms with Crippen molar-refractivity contribution in [2.75, 3.05) is 6.54 Å². The van der Waals surface area contributed by atoms with Gasteiger partial charge in [-0.3, -0.25) is 0 Å². The van der Waals surface area contributed by atoms with Gasteiger partial charge in [-0.05, 0) is 6.42 Å². The Labute approximate surface area is 47.5 Å². The van der Waals surface area contributed by atoms with Gasteiger partial charge in [0.05, 0.1) is 0 Å². The van der Waals surface area contributed by atoms with Crippen LogP contribution in [0.1, 0.15) is 6.42 Å². The Bertz CT molecular complexity index is 93.7. The first-order valence-corrected chi connectivity index (χ1v) is 2.67. The van der Waals surface area contributed by atoms with Gasteiger partial charge in [-0.25, -0.2) is 0 Å². The van der Waals surface area contributed by atoms with Gasteiger partial charge in [0.25, 0.3) is 0 Å². The average molecular weight is 117 g/mol. The van der Waals surface area contributed by atoms with E-state index in [4.69, 9.17) is 5.11 Å². The lowest BCUT2D eigenvalue weighted by atomic mass is 10.3. The predicted octanol–water partition coefficient (Wildman–Crippen LogP) is -0.332. The highest BCUT2D eigenvalue weighted by Crippen LogP contribution is 1.98. The number of nitrogens with one attached hydrogen (secondary N) is 1. The summed E-state index contributed by atoms with van der Waals surface area (Å²) in [4.78, 5) is 0.597. The molecule has 0 aromatic heterocycles. The standard InChI is InChI=1S/C4H7NOS/c6-3-1-2-5-4(3)7/h3,6H,1-2H2,(H,5,7). The number of thiocarbonyl (C=S) groups is 1. The molecule has 1 atom stereocenters. The van der Waals surface area contributed by atoms with Crippen molar-refractivity contribution in [3.63, 3.8) is 0 Å². The molecule has 0 amide bonds. The van der Waals surface area contributed by atoms with Crippen molar-refractivity contribution in [1.82, 2.24) is 5.32 Å². The van der Waals surface area contributed by atoms with E-state index in [2.05, 4.69) is 17.5 Å². The SMILES string of the molecule is OC1CCNC1=S. The summed E-state index contributed by atoms with van der Waals surface area (Å²) >= 11 is 4.68. The van der Waals surface area contributed by atoms with Crippen LogP contribution >= 0.6 is 12.2 Å². The molecule has 1 unspecified atom stereocenters. The predicted molar refractivity (Wildman–Crippen MR) is 31.2 cm³/mol. The molecule has 0 aromatic carbocycles. The Balaban J connectivity index is 2.48. The summed E-state index contributed by atoms with van der Waals surface area (Å²) in [6.07, 6.45) is 0.411. The maximum Gasteiger partial charge on any atom is 0.106 e. The molecular formula is C4H7NOS. The molecule has 3 heteroatoms. The second kappa shape index (κ2) is 1.76. The van der Waals surface area contributed by atoms with Gasteiger partial charge >= 0.3 is 0 Å². The van der Waals surface area contributed by atoms with Crippen molar-refractivity contribution in [1.29, 1.82) is 0 Å². The summed E-state index contributed by atoms with van der Waals surface area (Å²) < 4.78 is 0. The van der Waals surface area contributed by atoms with Crippen LogP contribution in [-0.2, 0) is 0 Å². The highest BCUT2D eigenvalue weighted by Gasteiger charge is 2.15. The molecule has 0 aliphatic carbocycles. The Morgan fingerprint density at radius 2 is 2.57 bits per heavy atom. The summed E-state index contributed by atoms with van der Waals surface area (Å²) in [5.41, 5.74) is 0. The van der Waals surface area contributed by atoms with Crippen LogP contribution in [0, 0.1) is 0 Å². The summed E-state index contributed by atoms with van der Waals surface area (Å²) in [7, 11) is 0. The second-order valence-corrected chi connectivity index (χ2v) is 2.04. The monoisotopic (exact) mass is 117 g/mol. The third-order valence-electron chi connectivity index (χ3n) is 1.02. The van der Waals surface area contributed by atoms with Crippen LogP contribution in [-0.4, -0.2) is 22.7 Å². The largest absolute Gasteiger partial charge is 0.386 e. The summed E-state index contributed by atoms with van der Waals surface area (Å²) in [6.45, 7) is 0.833. The van der Waals surface area contributed by atoms with Gasteiger partial charge in [-0.2, -0.15) is 0 Å². The average Bonchev–Trinajstić information content (AvgIpc) is 1.91. The van der Waals surface area contributed by atoms with Crippen molar-refractivity contribution in [2.24, 2.45) is 0 Å². The number of aliphatic hydroxyl groups excluding tert-OH is 1. The normalized spacial score (nSPS) is 30.4. The van der Waals surface area contributed by atoms with E-state index in [0.29, 0.717) is 4.99 Å². The fraction of sp³-hybridized carbons (Fsp3) is 0.750. The highest BCUT2D eigenvalue weighted by molar-refractivity contribution is 7.80. The van der Waals surface area contributed by atoms with Crippen molar-refractivity contribution in [3.05, 3.63) is 0 Å². The zero-order valence-electron chi connectivity index (χ0n) is 3.85. The first-order valence-electron chi connectivity index (χ1n) is 2.26. The first-order chi connectivity index (χ1) is 3.30. The molecule has 0 saturated carbocycles. The quantitative estimate of drug-likeness (QED) is 0.426. The van der Waals surface area contributed by atoms with Crippen LogP contribution in [0.3, 0.4) is 0 Å². The molecule has 1 heterocycles. The fourth-order valence-corrected chi connectivity index (χ4v) is 0.801. The van der Waals surface area contributed by atoms with E-state index in [1.54, 1.807) is 0 Å². The van der Waals surface area contributed by atoms with Crippen LogP contribution < -0.4 is 5.32 Å². The van der Waals surface area contributed by atoms with Crippen molar-refractivity contribution in [3.8, 4) is 0 Å². The van der Waals surface area contributed by atoms with Crippen molar-refractivity contribution >= 4 is 17.2 Å². The minimum absolute atomic E-state index is 0.366. The fourth-order valence-electron chi connectivity index (χ4n) is 0.581. The van der Waals surface area contributed by atoms with Crippen LogP contribution in [0.25, 0.3) is 0 Å². The van der Waals surface area contributed by atoms with Gasteiger partial charge in [0.2, 0.25) is 0 Å². The molecule has 0 aromatic rings. The third-order valence-corrected chi connectivity index (χ3v) is 1.44. The molecule has 0 spiro atoms. The molecule has 1 rings (SSSR count). The van der Waals surface area contributed by atoms with E-state index in [9.17, 15) is 0 Å². The Morgan fingerprint density at radius 3 is 2.71 bits per heavy atom. The summed E-state index contributed by atoms with van der Waals surface area (Å²) in [6, 6.07) is 0. The molecule has 40 valence electrons. The molecule has 1 fully saturated rings. The zero-order valence-corrected chi connectivity index (χ0v) is 4.66. The van der Waals surface area contributed by atoms with Crippen LogP contribution in [0.15, 0.2) is 0 Å². The molecule has 0 bridgehead atoms. The molecule has 0 radical (unpaired) electrons. The Morgan fingerprint density at radius 1 is 1.86 bits per heavy atom. The van der Waals surface area contributed by atoms with E-state index in [1.807, 2.05) is 0 Å². The van der Waals surface area contributed by atoms with E-state index < -0.39 is 0 Å². The van der Waals surface area contributed by atoms with Gasteiger partial charge in [0.1, 0.15) is 11.1 Å². The third kappa shape index (κ3) is 0.894. The molecular weight excluding hydrogens is 110 g/mol. The Hall–Kier alpha value is -0.150. The maximum atomic E-state index is 8.79. The lowest BCUT2D eigenvalue weighted by Gasteiger charge is -1.94. The van der Waals surface area contributed by atoms with Gasteiger partial charge in [-0.1, -0.05) is 12.2 Å². The topological polar surface area (TPSA) is 32.3 Å². The van der Waals surface area contributed by atoms with E-state index in [-0.39, 0.29) is 6.10 Å². The van der Waals surface area contributed by atoms with E-state index in [0.717, 1.165) is 13.0 Å². The first kappa shape index (κ1) is 5.00. The van der Waals surface area contributed by atoms with Crippen LogP contribution in [0.4, 0.5) is 0 Å². The minimum atomic E-state index is -0.366. The molecule has 1 aliphatic heterocycles. The highest BCUT2D eigenvalue weighted by atomic mass is 32.1. The minimum Gasteiger partial charge on any atom is -0.386 e. The lowest BCUT2D eigenvalue weighted by molar-refractivity contribution is 0.247. The number of rotatable bonds is 0. The molecule has 2 N–H and O–H groups in total. The number of hydrogen-bond donors (Lipinski definition) is 2. The van der Waals surface area contributed by atoms with Gasteiger partial charge in [-0.15, -0.1) is 0 Å². The smallest absolute Gasteiger partial charge is 0.106 e. The van der Waals surface area contributed by atoms with Crippen LogP contribution in [0.2, 0.25) is 0 Å². The molecule has 1 saturated heterocycles. The van der Waals surface area contributed by atoms with Gasteiger partial charge < -0.3 is 10.4 Å². The molecule has 2 nitrogen and oxygen atoms in total. The van der Waals surface area contributed by atoms with Gasteiger partial charge in [0.15, 0.2) is 0 Å². The Kier molecular flexibility index (Phi) is 1.25. The zero-order chi connectivity index (χ0) is 5.28.